The molecule has 0 aliphatic heterocycles. The Balaban J connectivity index is 1.49. The minimum absolute atomic E-state index is 0.0738. The Morgan fingerprint density at radius 2 is 1.79 bits per heavy atom. The van der Waals surface area contributed by atoms with Crippen LogP contribution < -0.4 is 14.2 Å². The Kier molecular flexibility index (Phi) is 7.02. The zero-order valence-electron chi connectivity index (χ0n) is 16.0. The molecule has 0 saturated heterocycles. The van der Waals surface area contributed by atoms with Gasteiger partial charge in [-0.05, 0) is 30.3 Å². The number of rotatable bonds is 9. The van der Waals surface area contributed by atoms with E-state index in [0.717, 1.165) is 5.01 Å². The third kappa shape index (κ3) is 5.92. The van der Waals surface area contributed by atoms with E-state index in [4.69, 9.17) is 18.9 Å². The number of thiazole rings is 1. The van der Waals surface area contributed by atoms with E-state index in [0.29, 0.717) is 28.5 Å². The predicted molar refractivity (Wildman–Crippen MR) is 106 cm³/mol. The quantitative estimate of drug-likeness (QED) is 0.487. The van der Waals surface area contributed by atoms with Gasteiger partial charge < -0.3 is 18.9 Å². The van der Waals surface area contributed by atoms with E-state index >= 15 is 0 Å². The van der Waals surface area contributed by atoms with E-state index in [1.807, 2.05) is 5.38 Å². The van der Waals surface area contributed by atoms with Crippen molar-refractivity contribution in [3.05, 3.63) is 69.9 Å². The molecule has 1 aromatic heterocycles. The van der Waals surface area contributed by atoms with Crippen LogP contribution in [0.1, 0.15) is 16.3 Å². The number of hydrogen-bond donors (Lipinski definition) is 0. The van der Waals surface area contributed by atoms with Crippen molar-refractivity contribution < 1.29 is 28.1 Å². The van der Waals surface area contributed by atoms with Crippen molar-refractivity contribution in [1.82, 2.24) is 4.98 Å². The maximum atomic E-state index is 12.9. The Morgan fingerprint density at radius 3 is 2.52 bits per heavy atom. The van der Waals surface area contributed by atoms with Crippen LogP contribution in [0.3, 0.4) is 0 Å². The Labute approximate surface area is 171 Å². The van der Waals surface area contributed by atoms with Crippen LogP contribution in [0.5, 0.6) is 17.2 Å². The van der Waals surface area contributed by atoms with Gasteiger partial charge in [-0.1, -0.05) is 6.07 Å². The maximum absolute atomic E-state index is 12.9. The number of carbonyl (C=O) groups excluding carboxylic acids is 1. The van der Waals surface area contributed by atoms with Gasteiger partial charge >= 0.3 is 5.97 Å². The van der Waals surface area contributed by atoms with Crippen molar-refractivity contribution in [2.24, 2.45) is 0 Å². The fourth-order valence-corrected chi connectivity index (χ4v) is 3.21. The molecule has 0 spiro atoms. The number of halogens is 1. The molecule has 0 aliphatic carbocycles. The molecule has 0 saturated carbocycles. The van der Waals surface area contributed by atoms with Gasteiger partial charge in [-0.3, -0.25) is 4.79 Å². The van der Waals surface area contributed by atoms with Crippen LogP contribution in [0.4, 0.5) is 4.39 Å². The van der Waals surface area contributed by atoms with Gasteiger partial charge in [0.2, 0.25) is 0 Å². The fourth-order valence-electron chi connectivity index (χ4n) is 2.52. The van der Waals surface area contributed by atoms with E-state index in [1.54, 1.807) is 37.4 Å². The molecule has 3 aromatic rings. The third-order valence-corrected chi connectivity index (χ3v) is 4.86. The molecule has 0 aliphatic rings. The lowest BCUT2D eigenvalue weighted by atomic mass is 10.1. The standard InChI is InChI=1S/C21H20FNO5S/c1-25-18-6-3-14(19(10-18)26-2)9-21(24)28-11-16-13-29-20(23-16)12-27-17-7-4-15(22)5-8-17/h3-8,10,13H,9,11-12H2,1-2H3. The van der Waals surface area contributed by atoms with Crippen LogP contribution in [0.25, 0.3) is 0 Å². The lowest BCUT2D eigenvalue weighted by Gasteiger charge is -2.10. The van der Waals surface area contributed by atoms with Gasteiger partial charge in [-0.25, -0.2) is 9.37 Å². The highest BCUT2D eigenvalue weighted by Crippen LogP contribution is 2.25. The second-order valence-corrected chi connectivity index (χ2v) is 6.93. The number of aromatic nitrogens is 1. The molecule has 152 valence electrons. The van der Waals surface area contributed by atoms with Crippen molar-refractivity contribution in [1.29, 1.82) is 0 Å². The van der Waals surface area contributed by atoms with E-state index < -0.39 is 0 Å². The lowest BCUT2D eigenvalue weighted by Crippen LogP contribution is -2.09. The predicted octanol–water partition coefficient (Wildman–Crippen LogP) is 4.16. The average molecular weight is 417 g/mol. The molecular formula is C21H20FNO5S. The summed E-state index contributed by atoms with van der Waals surface area (Å²) in [5, 5.41) is 2.54. The molecule has 0 radical (unpaired) electrons. The molecule has 0 bridgehead atoms. The molecule has 6 nitrogen and oxygen atoms in total. The lowest BCUT2D eigenvalue weighted by molar-refractivity contribution is -0.144. The van der Waals surface area contributed by atoms with E-state index in [1.165, 1.54) is 30.6 Å². The SMILES string of the molecule is COc1ccc(CC(=O)OCc2csc(COc3ccc(F)cc3)n2)c(OC)c1. The van der Waals surface area contributed by atoms with Gasteiger partial charge in [-0.2, -0.15) is 0 Å². The Hall–Kier alpha value is -3.13. The van der Waals surface area contributed by atoms with Gasteiger partial charge in [0.1, 0.15) is 41.3 Å². The third-order valence-electron chi connectivity index (χ3n) is 3.99. The summed E-state index contributed by atoms with van der Waals surface area (Å²) in [6.07, 6.45) is 0.0812. The van der Waals surface area contributed by atoms with Crippen LogP contribution >= 0.6 is 11.3 Å². The number of hydrogen-bond acceptors (Lipinski definition) is 7. The number of methoxy groups -OCH3 is 2. The molecule has 3 rings (SSSR count). The van der Waals surface area contributed by atoms with Gasteiger partial charge in [0.25, 0.3) is 0 Å². The first-order valence-electron chi connectivity index (χ1n) is 8.75. The molecule has 0 fully saturated rings. The van der Waals surface area contributed by atoms with Crippen LogP contribution in [-0.4, -0.2) is 25.2 Å². The number of nitrogens with zero attached hydrogens (tertiary/aromatic N) is 1. The van der Waals surface area contributed by atoms with Gasteiger partial charge in [0.05, 0.1) is 26.3 Å². The van der Waals surface area contributed by atoms with Gasteiger partial charge in [0.15, 0.2) is 0 Å². The molecular weight excluding hydrogens is 397 g/mol. The summed E-state index contributed by atoms with van der Waals surface area (Å²) in [6, 6.07) is 11.0. The largest absolute Gasteiger partial charge is 0.497 e. The number of esters is 1. The first kappa shape index (κ1) is 20.6. The van der Waals surface area contributed by atoms with Crippen LogP contribution in [-0.2, 0) is 29.2 Å². The molecule has 0 N–H and O–H groups in total. The smallest absolute Gasteiger partial charge is 0.310 e. The fraction of sp³-hybridized carbons (Fsp3) is 0.238. The Bertz CT molecular complexity index is 958. The molecule has 0 atom stereocenters. The summed E-state index contributed by atoms with van der Waals surface area (Å²) >= 11 is 1.40. The van der Waals surface area contributed by atoms with Gasteiger partial charge in [0, 0.05) is 17.0 Å². The zero-order chi connectivity index (χ0) is 20.6. The number of benzene rings is 2. The molecule has 0 unspecified atom stereocenters. The highest BCUT2D eigenvalue weighted by Gasteiger charge is 2.12. The molecule has 8 heteroatoms. The zero-order valence-corrected chi connectivity index (χ0v) is 16.8. The summed E-state index contributed by atoms with van der Waals surface area (Å²) < 4.78 is 34.2. The first-order chi connectivity index (χ1) is 14.1. The van der Waals surface area contributed by atoms with E-state index in [-0.39, 0.29) is 31.4 Å². The van der Waals surface area contributed by atoms with Crippen molar-refractivity contribution in [3.8, 4) is 17.2 Å². The van der Waals surface area contributed by atoms with Gasteiger partial charge in [-0.15, -0.1) is 11.3 Å². The summed E-state index contributed by atoms with van der Waals surface area (Å²) in [4.78, 5) is 16.5. The molecule has 2 aromatic carbocycles. The summed E-state index contributed by atoms with van der Waals surface area (Å²) in [5.74, 6) is 1.07. The van der Waals surface area contributed by atoms with Crippen LogP contribution in [0.2, 0.25) is 0 Å². The van der Waals surface area contributed by atoms with E-state index in [2.05, 4.69) is 4.98 Å². The highest BCUT2D eigenvalue weighted by atomic mass is 32.1. The first-order valence-corrected chi connectivity index (χ1v) is 9.63. The molecule has 0 amide bonds. The van der Waals surface area contributed by atoms with Crippen molar-refractivity contribution >= 4 is 17.3 Å². The van der Waals surface area contributed by atoms with Crippen molar-refractivity contribution in [2.45, 2.75) is 19.6 Å². The highest BCUT2D eigenvalue weighted by molar-refractivity contribution is 7.09. The average Bonchev–Trinajstić information content (AvgIpc) is 3.20. The van der Waals surface area contributed by atoms with Crippen LogP contribution in [0.15, 0.2) is 47.8 Å². The minimum atomic E-state index is -0.384. The molecule has 29 heavy (non-hydrogen) atoms. The number of carbonyl (C=O) groups is 1. The minimum Gasteiger partial charge on any atom is -0.497 e. The second kappa shape index (κ2) is 9.88. The van der Waals surface area contributed by atoms with E-state index in [9.17, 15) is 9.18 Å². The molecule has 1 heterocycles. The summed E-state index contributed by atoms with van der Waals surface area (Å²) in [7, 11) is 3.10. The normalized spacial score (nSPS) is 10.4. The topological polar surface area (TPSA) is 66.9 Å². The maximum Gasteiger partial charge on any atom is 0.310 e. The monoisotopic (exact) mass is 417 g/mol. The number of ether oxygens (including phenoxy) is 4. The summed E-state index contributed by atoms with van der Waals surface area (Å²) in [5.41, 5.74) is 1.35. The summed E-state index contributed by atoms with van der Waals surface area (Å²) in [6.45, 7) is 0.331. The van der Waals surface area contributed by atoms with Crippen LogP contribution in [0, 0.1) is 5.82 Å². The van der Waals surface area contributed by atoms with Crippen molar-refractivity contribution in [2.75, 3.05) is 14.2 Å². The second-order valence-electron chi connectivity index (χ2n) is 5.99. The Morgan fingerprint density at radius 1 is 1.03 bits per heavy atom. The van der Waals surface area contributed by atoms with Crippen molar-refractivity contribution in [3.63, 3.8) is 0 Å².